The molecule has 3 N–H and O–H groups in total. The molecule has 0 fully saturated rings. The molecular weight excluding hydrogens is 184 g/mol. The molecule has 0 radical (unpaired) electrons. The SMILES string of the molecule is CC(CN)NCC(C)(C)c1ccccc1. The number of hydrogen-bond donors (Lipinski definition) is 2. The third-order valence-electron chi connectivity index (χ3n) is 2.80. The van der Waals surface area contributed by atoms with Gasteiger partial charge in [-0.1, -0.05) is 44.2 Å². The molecule has 84 valence electrons. The van der Waals surface area contributed by atoms with Crippen LogP contribution in [0, 0.1) is 0 Å². The van der Waals surface area contributed by atoms with Crippen LogP contribution in [0.3, 0.4) is 0 Å². The van der Waals surface area contributed by atoms with Crippen molar-refractivity contribution >= 4 is 0 Å². The number of nitrogens with one attached hydrogen (secondary N) is 1. The lowest BCUT2D eigenvalue weighted by Crippen LogP contribution is -2.41. The van der Waals surface area contributed by atoms with E-state index in [9.17, 15) is 0 Å². The van der Waals surface area contributed by atoms with Crippen LogP contribution in [0.5, 0.6) is 0 Å². The van der Waals surface area contributed by atoms with E-state index in [-0.39, 0.29) is 5.41 Å². The first-order valence-corrected chi connectivity index (χ1v) is 5.55. The molecule has 15 heavy (non-hydrogen) atoms. The van der Waals surface area contributed by atoms with Gasteiger partial charge in [0.05, 0.1) is 0 Å². The van der Waals surface area contributed by atoms with Crippen LogP contribution >= 0.6 is 0 Å². The lowest BCUT2D eigenvalue weighted by atomic mass is 9.84. The van der Waals surface area contributed by atoms with Gasteiger partial charge in [0.25, 0.3) is 0 Å². The molecule has 0 saturated heterocycles. The van der Waals surface area contributed by atoms with Gasteiger partial charge >= 0.3 is 0 Å². The van der Waals surface area contributed by atoms with Crippen LogP contribution in [0.25, 0.3) is 0 Å². The topological polar surface area (TPSA) is 38.0 Å². The molecule has 2 heteroatoms. The summed E-state index contributed by atoms with van der Waals surface area (Å²) >= 11 is 0. The first kappa shape index (κ1) is 12.2. The van der Waals surface area contributed by atoms with E-state index in [1.165, 1.54) is 5.56 Å². The van der Waals surface area contributed by atoms with Gasteiger partial charge in [-0.15, -0.1) is 0 Å². The van der Waals surface area contributed by atoms with Gasteiger partial charge in [-0.25, -0.2) is 0 Å². The van der Waals surface area contributed by atoms with Gasteiger partial charge < -0.3 is 11.1 Å². The number of hydrogen-bond acceptors (Lipinski definition) is 2. The van der Waals surface area contributed by atoms with E-state index < -0.39 is 0 Å². The van der Waals surface area contributed by atoms with E-state index in [1.807, 2.05) is 0 Å². The van der Waals surface area contributed by atoms with Crippen LogP contribution in [0.2, 0.25) is 0 Å². The Balaban J connectivity index is 2.59. The Morgan fingerprint density at radius 2 is 1.87 bits per heavy atom. The van der Waals surface area contributed by atoms with E-state index >= 15 is 0 Å². The fourth-order valence-electron chi connectivity index (χ4n) is 1.50. The second kappa shape index (κ2) is 5.29. The fraction of sp³-hybridized carbons (Fsp3) is 0.538. The Bertz CT molecular complexity index is 280. The van der Waals surface area contributed by atoms with Gasteiger partial charge in [-0.2, -0.15) is 0 Å². The van der Waals surface area contributed by atoms with Gasteiger partial charge in [-0.3, -0.25) is 0 Å². The van der Waals surface area contributed by atoms with Crippen molar-refractivity contribution in [2.45, 2.75) is 32.2 Å². The van der Waals surface area contributed by atoms with Crippen LogP contribution in [0.15, 0.2) is 30.3 Å². The Kier molecular flexibility index (Phi) is 4.30. The number of nitrogens with two attached hydrogens (primary N) is 1. The van der Waals surface area contributed by atoms with Crippen molar-refractivity contribution in [2.24, 2.45) is 5.73 Å². The minimum atomic E-state index is 0.157. The molecule has 0 aliphatic carbocycles. The third-order valence-corrected chi connectivity index (χ3v) is 2.80. The van der Waals surface area contributed by atoms with Crippen molar-refractivity contribution in [3.05, 3.63) is 35.9 Å². The zero-order valence-electron chi connectivity index (χ0n) is 9.96. The maximum absolute atomic E-state index is 5.58. The van der Waals surface area contributed by atoms with Crippen LogP contribution in [0.4, 0.5) is 0 Å². The molecule has 1 rings (SSSR count). The van der Waals surface area contributed by atoms with Crippen molar-refractivity contribution in [3.8, 4) is 0 Å². The molecule has 0 aliphatic rings. The van der Waals surface area contributed by atoms with Gasteiger partial charge in [0.15, 0.2) is 0 Å². The highest BCUT2D eigenvalue weighted by Crippen LogP contribution is 2.21. The number of benzene rings is 1. The van der Waals surface area contributed by atoms with Gasteiger partial charge in [0, 0.05) is 24.5 Å². The smallest absolute Gasteiger partial charge is 0.0162 e. The lowest BCUT2D eigenvalue weighted by Gasteiger charge is -2.27. The minimum Gasteiger partial charge on any atom is -0.329 e. The standard InChI is InChI=1S/C13H22N2/c1-11(9-14)15-10-13(2,3)12-7-5-4-6-8-12/h4-8,11,15H,9-10,14H2,1-3H3. The Morgan fingerprint density at radius 1 is 1.27 bits per heavy atom. The molecule has 0 bridgehead atoms. The van der Waals surface area contributed by atoms with E-state index in [0.717, 1.165) is 6.54 Å². The Labute approximate surface area is 92.9 Å². The first-order valence-electron chi connectivity index (χ1n) is 5.55. The number of rotatable bonds is 5. The molecular formula is C13H22N2. The zero-order chi connectivity index (χ0) is 11.3. The summed E-state index contributed by atoms with van der Waals surface area (Å²) < 4.78 is 0. The zero-order valence-corrected chi connectivity index (χ0v) is 9.96. The summed E-state index contributed by atoms with van der Waals surface area (Å²) in [5.41, 5.74) is 7.10. The van der Waals surface area contributed by atoms with Gasteiger partial charge in [0.1, 0.15) is 0 Å². The predicted molar refractivity (Wildman–Crippen MR) is 66.0 cm³/mol. The van der Waals surface area contributed by atoms with Crippen molar-refractivity contribution < 1.29 is 0 Å². The average molecular weight is 206 g/mol. The maximum atomic E-state index is 5.58. The van der Waals surface area contributed by atoms with E-state index in [0.29, 0.717) is 12.6 Å². The summed E-state index contributed by atoms with van der Waals surface area (Å²) in [6.07, 6.45) is 0. The molecule has 2 nitrogen and oxygen atoms in total. The second-order valence-corrected chi connectivity index (χ2v) is 4.77. The van der Waals surface area contributed by atoms with Gasteiger partial charge in [0.2, 0.25) is 0 Å². The van der Waals surface area contributed by atoms with Crippen molar-refractivity contribution in [1.29, 1.82) is 0 Å². The molecule has 1 atom stereocenters. The highest BCUT2D eigenvalue weighted by molar-refractivity contribution is 5.23. The van der Waals surface area contributed by atoms with E-state index in [4.69, 9.17) is 5.73 Å². The largest absolute Gasteiger partial charge is 0.329 e. The summed E-state index contributed by atoms with van der Waals surface area (Å²) in [7, 11) is 0. The van der Waals surface area contributed by atoms with Crippen molar-refractivity contribution in [3.63, 3.8) is 0 Å². The normalized spacial score (nSPS) is 13.9. The average Bonchev–Trinajstić information content (AvgIpc) is 2.27. The maximum Gasteiger partial charge on any atom is 0.0162 e. The third kappa shape index (κ3) is 3.65. The van der Waals surface area contributed by atoms with Crippen molar-refractivity contribution in [1.82, 2.24) is 5.32 Å². The molecule has 0 spiro atoms. The Morgan fingerprint density at radius 3 is 2.40 bits per heavy atom. The highest BCUT2D eigenvalue weighted by Gasteiger charge is 2.20. The molecule has 0 saturated carbocycles. The summed E-state index contributed by atoms with van der Waals surface area (Å²) in [5, 5.41) is 3.45. The molecule has 1 unspecified atom stereocenters. The Hall–Kier alpha value is -0.860. The predicted octanol–water partition coefficient (Wildman–Crippen LogP) is 1.90. The second-order valence-electron chi connectivity index (χ2n) is 4.77. The quantitative estimate of drug-likeness (QED) is 0.772. The molecule has 0 amide bonds. The molecule has 0 aromatic heterocycles. The van der Waals surface area contributed by atoms with Crippen molar-refractivity contribution in [2.75, 3.05) is 13.1 Å². The summed E-state index contributed by atoms with van der Waals surface area (Å²) in [5.74, 6) is 0. The van der Waals surface area contributed by atoms with E-state index in [1.54, 1.807) is 0 Å². The molecule has 1 aromatic rings. The summed E-state index contributed by atoms with van der Waals surface area (Å²) in [4.78, 5) is 0. The minimum absolute atomic E-state index is 0.157. The molecule has 0 heterocycles. The first-order chi connectivity index (χ1) is 7.06. The van der Waals surface area contributed by atoms with Crippen LogP contribution in [0.1, 0.15) is 26.3 Å². The highest BCUT2D eigenvalue weighted by atomic mass is 14.9. The summed E-state index contributed by atoms with van der Waals surface area (Å²) in [6, 6.07) is 11.0. The molecule has 0 aliphatic heterocycles. The monoisotopic (exact) mass is 206 g/mol. The van der Waals surface area contributed by atoms with Crippen LogP contribution in [-0.4, -0.2) is 19.1 Å². The molecule has 1 aromatic carbocycles. The summed E-state index contributed by atoms with van der Waals surface area (Å²) in [6.45, 7) is 8.25. The van der Waals surface area contributed by atoms with E-state index in [2.05, 4.69) is 56.4 Å². The van der Waals surface area contributed by atoms with Gasteiger partial charge in [-0.05, 0) is 12.5 Å². The lowest BCUT2D eigenvalue weighted by molar-refractivity contribution is 0.432. The fourth-order valence-corrected chi connectivity index (χ4v) is 1.50. The van der Waals surface area contributed by atoms with Crippen LogP contribution < -0.4 is 11.1 Å². The van der Waals surface area contributed by atoms with Crippen LogP contribution in [-0.2, 0) is 5.41 Å².